The van der Waals surface area contributed by atoms with Gasteiger partial charge in [-0.1, -0.05) is 12.1 Å². The third-order valence-electron chi connectivity index (χ3n) is 4.98. The molecule has 0 atom stereocenters. The van der Waals surface area contributed by atoms with Gasteiger partial charge in [0.05, 0.1) is 22.3 Å². The number of benzene rings is 3. The summed E-state index contributed by atoms with van der Waals surface area (Å²) < 4.78 is 1.41. The van der Waals surface area contributed by atoms with E-state index in [4.69, 9.17) is 0 Å². The van der Waals surface area contributed by atoms with E-state index in [1.54, 1.807) is 43.4 Å². The van der Waals surface area contributed by atoms with E-state index in [-0.39, 0.29) is 17.0 Å². The fraction of sp³-hybridized carbons (Fsp3) is 0.0500. The maximum atomic E-state index is 13.1. The maximum absolute atomic E-state index is 13.1. The largest absolute Gasteiger partial charge is 0.508 e. The van der Waals surface area contributed by atoms with Crippen LogP contribution in [0.5, 0.6) is 5.75 Å². The van der Waals surface area contributed by atoms with E-state index in [1.807, 2.05) is 0 Å². The van der Waals surface area contributed by atoms with Gasteiger partial charge in [0, 0.05) is 18.0 Å². The molecule has 2 amide bonds. The second-order valence-corrected chi connectivity index (χ2v) is 6.53. The summed E-state index contributed by atoms with van der Waals surface area (Å²) in [4.78, 5) is 41.8. The second kappa shape index (κ2) is 5.07. The van der Waals surface area contributed by atoms with Gasteiger partial charge >= 0.3 is 5.69 Å². The number of anilines is 1. The molecular formula is C20H13N3O4. The number of phenols is 1. The van der Waals surface area contributed by atoms with Crippen molar-refractivity contribution in [1.82, 2.24) is 9.55 Å². The summed E-state index contributed by atoms with van der Waals surface area (Å²) in [5, 5.41) is 11.2. The monoisotopic (exact) mass is 359 g/mol. The van der Waals surface area contributed by atoms with E-state index in [2.05, 4.69) is 4.98 Å². The minimum atomic E-state index is -0.514. The number of phenolic OH excluding ortho intramolecular Hbond substituents is 1. The molecule has 7 nitrogen and oxygen atoms in total. The van der Waals surface area contributed by atoms with Crippen LogP contribution in [0, 0.1) is 0 Å². The first-order valence-electron chi connectivity index (χ1n) is 8.29. The number of amides is 2. The smallest absolute Gasteiger partial charge is 0.326 e. The molecule has 27 heavy (non-hydrogen) atoms. The van der Waals surface area contributed by atoms with Crippen molar-refractivity contribution in [2.75, 3.05) is 4.90 Å². The normalized spacial score (nSPS) is 13.7. The molecule has 0 saturated carbocycles. The fourth-order valence-electron chi connectivity index (χ4n) is 3.68. The minimum Gasteiger partial charge on any atom is -0.508 e. The van der Waals surface area contributed by atoms with Crippen LogP contribution in [0.4, 0.5) is 5.69 Å². The van der Waals surface area contributed by atoms with Gasteiger partial charge in [0.15, 0.2) is 0 Å². The highest BCUT2D eigenvalue weighted by Gasteiger charge is 2.34. The first-order chi connectivity index (χ1) is 13.0. The summed E-state index contributed by atoms with van der Waals surface area (Å²) in [6.07, 6.45) is 0. The van der Waals surface area contributed by atoms with Crippen LogP contribution in [0.25, 0.3) is 21.8 Å². The van der Waals surface area contributed by atoms with Gasteiger partial charge < -0.3 is 10.1 Å². The second-order valence-electron chi connectivity index (χ2n) is 6.53. The van der Waals surface area contributed by atoms with Crippen LogP contribution in [0.3, 0.4) is 0 Å². The Morgan fingerprint density at radius 2 is 1.70 bits per heavy atom. The van der Waals surface area contributed by atoms with Crippen molar-refractivity contribution >= 4 is 39.3 Å². The minimum absolute atomic E-state index is 0.0409. The molecule has 0 bridgehead atoms. The van der Waals surface area contributed by atoms with E-state index in [0.717, 1.165) is 4.90 Å². The molecule has 1 aromatic heterocycles. The van der Waals surface area contributed by atoms with Crippen molar-refractivity contribution in [2.24, 2.45) is 7.05 Å². The van der Waals surface area contributed by atoms with E-state index >= 15 is 0 Å². The molecular weight excluding hydrogens is 346 g/mol. The summed E-state index contributed by atoms with van der Waals surface area (Å²) in [7, 11) is 1.61. The molecule has 3 aromatic carbocycles. The number of fused-ring (bicyclic) bond motifs is 1. The Hall–Kier alpha value is -3.87. The quantitative estimate of drug-likeness (QED) is 0.511. The average molecular weight is 359 g/mol. The number of aromatic hydroxyl groups is 1. The highest BCUT2D eigenvalue weighted by atomic mass is 16.3. The summed E-state index contributed by atoms with van der Waals surface area (Å²) in [6, 6.07) is 12.9. The predicted octanol–water partition coefficient (Wildman–Crippen LogP) is 2.53. The van der Waals surface area contributed by atoms with Crippen molar-refractivity contribution in [1.29, 1.82) is 0 Å². The van der Waals surface area contributed by atoms with E-state index < -0.39 is 11.8 Å². The topological polar surface area (TPSA) is 95.4 Å². The highest BCUT2D eigenvalue weighted by molar-refractivity contribution is 6.36. The number of carbonyl (C=O) groups excluding carboxylic acids is 2. The molecule has 0 aliphatic carbocycles. The SMILES string of the molecule is Cn1c(=O)[nH]c2ccc(N3C(=O)c4cccc5cc(O)cc(c45)C3=O)cc21. The lowest BCUT2D eigenvalue weighted by Crippen LogP contribution is -2.40. The first kappa shape index (κ1) is 15.4. The number of hydrogen-bond donors (Lipinski definition) is 2. The van der Waals surface area contributed by atoms with Gasteiger partial charge in [-0.15, -0.1) is 0 Å². The van der Waals surface area contributed by atoms with Crippen LogP contribution < -0.4 is 10.6 Å². The number of rotatable bonds is 1. The number of aromatic amines is 1. The number of imide groups is 1. The number of nitrogens with zero attached hydrogens (tertiary/aromatic N) is 2. The van der Waals surface area contributed by atoms with Crippen molar-refractivity contribution in [3.05, 3.63) is 70.1 Å². The van der Waals surface area contributed by atoms with Crippen LogP contribution in [0.2, 0.25) is 0 Å². The zero-order chi connectivity index (χ0) is 18.9. The van der Waals surface area contributed by atoms with Crippen LogP contribution in [0.1, 0.15) is 20.7 Å². The van der Waals surface area contributed by atoms with Crippen molar-refractivity contribution in [2.45, 2.75) is 0 Å². The van der Waals surface area contributed by atoms with Gasteiger partial charge in [-0.05, 0) is 41.8 Å². The van der Waals surface area contributed by atoms with Gasteiger partial charge in [-0.25, -0.2) is 9.69 Å². The van der Waals surface area contributed by atoms with Gasteiger partial charge in [0.1, 0.15) is 5.75 Å². The molecule has 0 spiro atoms. The first-order valence-corrected chi connectivity index (χ1v) is 8.29. The van der Waals surface area contributed by atoms with E-state index in [1.165, 1.54) is 16.7 Å². The summed E-state index contributed by atoms with van der Waals surface area (Å²) in [5.74, 6) is -0.996. The Balaban J connectivity index is 1.77. The molecule has 132 valence electrons. The van der Waals surface area contributed by atoms with E-state index in [0.29, 0.717) is 33.1 Å². The maximum Gasteiger partial charge on any atom is 0.326 e. The van der Waals surface area contributed by atoms with Crippen molar-refractivity contribution < 1.29 is 14.7 Å². The Morgan fingerprint density at radius 3 is 2.52 bits per heavy atom. The molecule has 1 aliphatic rings. The molecule has 0 radical (unpaired) electrons. The van der Waals surface area contributed by atoms with Gasteiger partial charge in [0.25, 0.3) is 11.8 Å². The van der Waals surface area contributed by atoms with Crippen LogP contribution in [0.15, 0.2) is 53.3 Å². The molecule has 0 saturated heterocycles. The number of H-pyrrole nitrogens is 1. The third kappa shape index (κ3) is 1.99. The molecule has 7 heteroatoms. The van der Waals surface area contributed by atoms with Gasteiger partial charge in [-0.3, -0.25) is 14.2 Å². The Morgan fingerprint density at radius 1 is 0.926 bits per heavy atom. The summed E-state index contributed by atoms with van der Waals surface area (Å²) in [5.41, 5.74) is 1.94. The van der Waals surface area contributed by atoms with Crippen LogP contribution in [-0.4, -0.2) is 26.5 Å². The lowest BCUT2D eigenvalue weighted by atomic mass is 9.93. The number of imidazole rings is 1. The molecule has 4 aromatic rings. The highest BCUT2D eigenvalue weighted by Crippen LogP contribution is 2.35. The average Bonchev–Trinajstić information content (AvgIpc) is 2.93. The molecule has 2 N–H and O–H groups in total. The summed E-state index contributed by atoms with van der Waals surface area (Å²) >= 11 is 0. The molecule has 1 aliphatic heterocycles. The van der Waals surface area contributed by atoms with Gasteiger partial charge in [0.2, 0.25) is 0 Å². The molecule has 0 fully saturated rings. The predicted molar refractivity (Wildman–Crippen MR) is 100 cm³/mol. The fourth-order valence-corrected chi connectivity index (χ4v) is 3.68. The van der Waals surface area contributed by atoms with E-state index in [9.17, 15) is 19.5 Å². The molecule has 5 rings (SSSR count). The Labute approximate surface area is 152 Å². The lowest BCUT2D eigenvalue weighted by molar-refractivity contribution is 0.0893. The molecule has 2 heterocycles. The zero-order valence-electron chi connectivity index (χ0n) is 14.2. The zero-order valence-corrected chi connectivity index (χ0v) is 14.2. The summed E-state index contributed by atoms with van der Waals surface area (Å²) in [6.45, 7) is 0. The van der Waals surface area contributed by atoms with Gasteiger partial charge in [-0.2, -0.15) is 0 Å². The number of hydrogen-bond acceptors (Lipinski definition) is 4. The number of carbonyl (C=O) groups is 2. The third-order valence-corrected chi connectivity index (χ3v) is 4.98. The van der Waals surface area contributed by atoms with Crippen LogP contribution in [-0.2, 0) is 7.05 Å². The Bertz CT molecular complexity index is 1360. The Kier molecular flexibility index (Phi) is 2.89. The molecule has 0 unspecified atom stereocenters. The van der Waals surface area contributed by atoms with Crippen molar-refractivity contribution in [3.63, 3.8) is 0 Å². The standard InChI is InChI=1S/C20H13N3O4/c1-22-16-8-11(5-6-15(16)21-20(22)27)23-18(25)13-4-2-3-10-7-12(24)9-14(17(10)13)19(23)26/h2-9,24H,1H3,(H,21,27). The van der Waals surface area contributed by atoms with Crippen molar-refractivity contribution in [3.8, 4) is 5.75 Å². The number of aryl methyl sites for hydroxylation is 1. The number of aromatic nitrogens is 2. The van der Waals surface area contributed by atoms with Crippen LogP contribution >= 0.6 is 0 Å². The number of nitrogens with one attached hydrogen (secondary N) is 1. The lowest BCUT2D eigenvalue weighted by Gasteiger charge is -2.27.